The fourth-order valence-corrected chi connectivity index (χ4v) is 2.73. The van der Waals surface area contributed by atoms with Crippen LogP contribution in [0.25, 0.3) is 0 Å². The van der Waals surface area contributed by atoms with Crippen LogP contribution >= 0.6 is 11.3 Å². The Hall–Kier alpha value is -0.380. The summed E-state index contributed by atoms with van der Waals surface area (Å²) in [6.45, 7) is 4.15. The summed E-state index contributed by atoms with van der Waals surface area (Å²) in [6, 6.07) is 2.75. The third-order valence-electron chi connectivity index (χ3n) is 2.93. The zero-order valence-corrected chi connectivity index (χ0v) is 9.33. The predicted molar refractivity (Wildman–Crippen MR) is 59.7 cm³/mol. The summed E-state index contributed by atoms with van der Waals surface area (Å²) in [6.07, 6.45) is 1.95. The Morgan fingerprint density at radius 1 is 1.71 bits per heavy atom. The molecule has 0 saturated carbocycles. The number of hydrogen-bond acceptors (Lipinski definition) is 3. The van der Waals surface area contributed by atoms with Crippen molar-refractivity contribution < 1.29 is 5.11 Å². The second kappa shape index (κ2) is 4.43. The van der Waals surface area contributed by atoms with Crippen molar-refractivity contribution in [3.8, 4) is 0 Å². The molecule has 3 heteroatoms. The maximum Gasteiger partial charge on any atom is 0.0679 e. The highest BCUT2D eigenvalue weighted by Gasteiger charge is 2.24. The lowest BCUT2D eigenvalue weighted by atomic mass is 10.1. The monoisotopic (exact) mass is 211 g/mol. The van der Waals surface area contributed by atoms with E-state index in [1.54, 1.807) is 11.3 Å². The lowest BCUT2D eigenvalue weighted by molar-refractivity contribution is 0.162. The van der Waals surface area contributed by atoms with Gasteiger partial charge in [0.15, 0.2) is 0 Å². The van der Waals surface area contributed by atoms with Gasteiger partial charge in [-0.3, -0.25) is 4.90 Å². The van der Waals surface area contributed by atoms with Crippen LogP contribution in [0.4, 0.5) is 0 Å². The molecule has 1 aliphatic heterocycles. The van der Waals surface area contributed by atoms with Gasteiger partial charge in [0, 0.05) is 19.1 Å². The number of hydrogen-bond donors (Lipinski definition) is 1. The van der Waals surface area contributed by atoms with Gasteiger partial charge in [-0.2, -0.15) is 11.3 Å². The van der Waals surface area contributed by atoms with Crippen LogP contribution in [0.1, 0.15) is 18.9 Å². The SMILES string of the molecule is CC(Cc1ccsc1)N1CC[C@H](O)C1. The molecule has 1 aromatic heterocycles. The van der Waals surface area contributed by atoms with Crippen molar-refractivity contribution in [1.29, 1.82) is 0 Å². The Morgan fingerprint density at radius 3 is 3.14 bits per heavy atom. The maximum atomic E-state index is 9.43. The van der Waals surface area contributed by atoms with Crippen LogP contribution in [0, 0.1) is 0 Å². The zero-order valence-electron chi connectivity index (χ0n) is 8.52. The summed E-state index contributed by atoms with van der Waals surface area (Å²) in [7, 11) is 0. The van der Waals surface area contributed by atoms with Gasteiger partial charge in [-0.15, -0.1) is 0 Å². The van der Waals surface area contributed by atoms with E-state index >= 15 is 0 Å². The van der Waals surface area contributed by atoms with Gasteiger partial charge in [0.25, 0.3) is 0 Å². The van der Waals surface area contributed by atoms with Gasteiger partial charge in [-0.1, -0.05) is 0 Å². The van der Waals surface area contributed by atoms with E-state index in [0.717, 1.165) is 25.9 Å². The minimum atomic E-state index is -0.0973. The van der Waals surface area contributed by atoms with E-state index < -0.39 is 0 Å². The second-order valence-corrected chi connectivity index (χ2v) is 4.90. The van der Waals surface area contributed by atoms with E-state index in [1.165, 1.54) is 5.56 Å². The molecule has 14 heavy (non-hydrogen) atoms. The molecule has 1 fully saturated rings. The molecule has 1 aromatic rings. The van der Waals surface area contributed by atoms with Crippen molar-refractivity contribution in [1.82, 2.24) is 4.90 Å². The van der Waals surface area contributed by atoms with Gasteiger partial charge < -0.3 is 5.11 Å². The molecule has 78 valence electrons. The lowest BCUT2D eigenvalue weighted by Gasteiger charge is -2.23. The fourth-order valence-electron chi connectivity index (χ4n) is 2.05. The van der Waals surface area contributed by atoms with Crippen molar-refractivity contribution >= 4 is 11.3 Å². The summed E-state index contributed by atoms with van der Waals surface area (Å²) in [5, 5.41) is 13.8. The lowest BCUT2D eigenvalue weighted by Crippen LogP contribution is -2.33. The quantitative estimate of drug-likeness (QED) is 0.823. The number of β-amino-alcohol motifs (C(OH)–C–C–N with tert-alkyl or cyclic N) is 1. The minimum Gasteiger partial charge on any atom is -0.392 e. The summed E-state index contributed by atoms with van der Waals surface area (Å²) >= 11 is 1.76. The van der Waals surface area contributed by atoms with E-state index in [4.69, 9.17) is 0 Å². The molecule has 0 aliphatic carbocycles. The van der Waals surface area contributed by atoms with Crippen molar-refractivity contribution in [3.05, 3.63) is 22.4 Å². The number of thiophene rings is 1. The Kier molecular flexibility index (Phi) is 3.21. The highest BCUT2D eigenvalue weighted by Crippen LogP contribution is 2.17. The number of nitrogens with zero attached hydrogens (tertiary/aromatic N) is 1. The Balaban J connectivity index is 1.87. The van der Waals surface area contributed by atoms with Crippen LogP contribution in [0.15, 0.2) is 16.8 Å². The van der Waals surface area contributed by atoms with Crippen LogP contribution in [-0.4, -0.2) is 35.2 Å². The highest BCUT2D eigenvalue weighted by molar-refractivity contribution is 7.07. The molecule has 2 rings (SSSR count). The summed E-state index contributed by atoms with van der Waals surface area (Å²) in [5.41, 5.74) is 1.42. The first-order valence-electron chi connectivity index (χ1n) is 5.19. The van der Waals surface area contributed by atoms with Crippen LogP contribution < -0.4 is 0 Å². The second-order valence-electron chi connectivity index (χ2n) is 4.12. The van der Waals surface area contributed by atoms with Gasteiger partial charge >= 0.3 is 0 Å². The molecular weight excluding hydrogens is 194 g/mol. The fraction of sp³-hybridized carbons (Fsp3) is 0.636. The predicted octanol–water partition coefficient (Wildman–Crippen LogP) is 1.75. The van der Waals surface area contributed by atoms with Crippen LogP contribution in [0.5, 0.6) is 0 Å². The van der Waals surface area contributed by atoms with Crippen molar-refractivity contribution in [3.63, 3.8) is 0 Å². The Bertz CT molecular complexity index is 273. The first-order valence-corrected chi connectivity index (χ1v) is 6.13. The van der Waals surface area contributed by atoms with E-state index in [2.05, 4.69) is 28.7 Å². The van der Waals surface area contributed by atoms with E-state index in [0.29, 0.717) is 6.04 Å². The molecule has 1 aliphatic rings. The van der Waals surface area contributed by atoms with Gasteiger partial charge in [0.2, 0.25) is 0 Å². The Labute approximate surface area is 89.2 Å². The largest absolute Gasteiger partial charge is 0.392 e. The summed E-state index contributed by atoms with van der Waals surface area (Å²) < 4.78 is 0. The van der Waals surface area contributed by atoms with Gasteiger partial charge in [-0.25, -0.2) is 0 Å². The summed E-state index contributed by atoms with van der Waals surface area (Å²) in [5.74, 6) is 0. The van der Waals surface area contributed by atoms with Crippen molar-refractivity contribution in [2.45, 2.75) is 31.9 Å². The van der Waals surface area contributed by atoms with E-state index in [1.807, 2.05) is 0 Å². The molecular formula is C11H17NOS. The first-order chi connectivity index (χ1) is 6.75. The Morgan fingerprint density at radius 2 is 2.57 bits per heavy atom. The van der Waals surface area contributed by atoms with Crippen LogP contribution in [-0.2, 0) is 6.42 Å². The topological polar surface area (TPSA) is 23.5 Å². The molecule has 0 radical (unpaired) electrons. The first kappa shape index (κ1) is 10.1. The van der Waals surface area contributed by atoms with E-state index in [9.17, 15) is 5.11 Å². The third-order valence-corrected chi connectivity index (χ3v) is 3.66. The number of rotatable bonds is 3. The van der Waals surface area contributed by atoms with Gasteiger partial charge in [-0.05, 0) is 42.2 Å². The number of likely N-dealkylation sites (tertiary alicyclic amines) is 1. The molecule has 2 heterocycles. The normalized spacial score (nSPS) is 25.4. The maximum absolute atomic E-state index is 9.43. The third kappa shape index (κ3) is 2.35. The van der Waals surface area contributed by atoms with Crippen LogP contribution in [0.2, 0.25) is 0 Å². The average Bonchev–Trinajstić information content (AvgIpc) is 2.75. The van der Waals surface area contributed by atoms with E-state index in [-0.39, 0.29) is 6.10 Å². The van der Waals surface area contributed by atoms with Gasteiger partial charge in [0.05, 0.1) is 6.10 Å². The molecule has 0 spiro atoms. The van der Waals surface area contributed by atoms with Crippen LogP contribution in [0.3, 0.4) is 0 Å². The van der Waals surface area contributed by atoms with Gasteiger partial charge in [0.1, 0.15) is 0 Å². The number of aliphatic hydroxyl groups is 1. The molecule has 1 N–H and O–H groups in total. The molecule has 0 amide bonds. The summed E-state index contributed by atoms with van der Waals surface area (Å²) in [4.78, 5) is 2.38. The zero-order chi connectivity index (χ0) is 9.97. The molecule has 0 aromatic carbocycles. The average molecular weight is 211 g/mol. The van der Waals surface area contributed by atoms with Crippen molar-refractivity contribution in [2.75, 3.05) is 13.1 Å². The molecule has 0 bridgehead atoms. The highest BCUT2D eigenvalue weighted by atomic mass is 32.1. The molecule has 1 unspecified atom stereocenters. The minimum absolute atomic E-state index is 0.0973. The molecule has 1 saturated heterocycles. The standard InChI is InChI=1S/C11H17NOS/c1-9(6-10-3-5-14-8-10)12-4-2-11(13)7-12/h3,5,8-9,11,13H,2,4,6-7H2,1H3/t9?,11-/m0/s1. The smallest absolute Gasteiger partial charge is 0.0679 e. The molecule has 2 atom stereocenters. The van der Waals surface area contributed by atoms with Crippen molar-refractivity contribution in [2.24, 2.45) is 0 Å². The molecule has 2 nitrogen and oxygen atoms in total. The number of aliphatic hydroxyl groups excluding tert-OH is 1.